The van der Waals surface area contributed by atoms with Gasteiger partial charge in [-0.15, -0.1) is 0 Å². The van der Waals surface area contributed by atoms with Gasteiger partial charge in [0.2, 0.25) is 0 Å². The zero-order valence-corrected chi connectivity index (χ0v) is 15.4. The highest BCUT2D eigenvalue weighted by molar-refractivity contribution is 5.94. The van der Waals surface area contributed by atoms with Crippen LogP contribution >= 0.6 is 0 Å². The molecule has 27 heavy (non-hydrogen) atoms. The number of aliphatic imine (C=N–C) groups is 1. The summed E-state index contributed by atoms with van der Waals surface area (Å²) in [4.78, 5) is 26.2. The van der Waals surface area contributed by atoms with Crippen LogP contribution in [0.2, 0.25) is 0 Å². The molecule has 0 aliphatic heterocycles. The summed E-state index contributed by atoms with van der Waals surface area (Å²) in [6.07, 6.45) is 0.725. The first-order valence-corrected chi connectivity index (χ1v) is 8.52. The zero-order chi connectivity index (χ0) is 19.6. The number of benzene rings is 2. The second kappa shape index (κ2) is 9.91. The third kappa shape index (κ3) is 6.10. The minimum atomic E-state index is -0.413. The van der Waals surface area contributed by atoms with E-state index in [0.29, 0.717) is 24.6 Å². The van der Waals surface area contributed by atoms with Crippen molar-refractivity contribution >= 4 is 17.6 Å². The first-order valence-electron chi connectivity index (χ1n) is 8.52. The van der Waals surface area contributed by atoms with Gasteiger partial charge in [-0.3, -0.25) is 19.9 Å². The summed E-state index contributed by atoms with van der Waals surface area (Å²) in [7, 11) is 3.27. The lowest BCUT2D eigenvalue weighted by molar-refractivity contribution is -0.384. The lowest BCUT2D eigenvalue weighted by atomic mass is 10.1. The summed E-state index contributed by atoms with van der Waals surface area (Å²) in [6, 6.07) is 13.9. The Morgan fingerprint density at radius 2 is 1.85 bits per heavy atom. The van der Waals surface area contributed by atoms with E-state index in [2.05, 4.69) is 20.9 Å². The number of nitro groups is 1. The predicted molar refractivity (Wildman–Crippen MR) is 105 cm³/mol. The lowest BCUT2D eigenvalue weighted by Gasteiger charge is -2.12. The number of non-ortho nitro benzene ring substituents is 1. The maximum atomic E-state index is 11.7. The first-order chi connectivity index (χ1) is 13.0. The lowest BCUT2D eigenvalue weighted by Crippen LogP contribution is -2.37. The van der Waals surface area contributed by atoms with Gasteiger partial charge in [-0.05, 0) is 29.7 Å². The smallest absolute Gasteiger partial charge is 0.269 e. The van der Waals surface area contributed by atoms with Crippen molar-refractivity contribution in [2.75, 3.05) is 20.6 Å². The van der Waals surface area contributed by atoms with Gasteiger partial charge in [0.1, 0.15) is 0 Å². The van der Waals surface area contributed by atoms with Gasteiger partial charge < -0.3 is 16.0 Å². The molecular weight excluding hydrogens is 346 g/mol. The highest BCUT2D eigenvalue weighted by atomic mass is 16.6. The number of rotatable bonds is 7. The summed E-state index contributed by atoms with van der Waals surface area (Å²) < 4.78 is 0. The summed E-state index contributed by atoms with van der Waals surface area (Å²) >= 11 is 0. The minimum Gasteiger partial charge on any atom is -0.356 e. The van der Waals surface area contributed by atoms with Crippen molar-refractivity contribution in [3.05, 3.63) is 75.3 Å². The molecule has 2 aromatic carbocycles. The van der Waals surface area contributed by atoms with Crippen LogP contribution in [0.1, 0.15) is 21.5 Å². The molecule has 142 valence electrons. The second-order valence-corrected chi connectivity index (χ2v) is 5.81. The molecule has 2 rings (SSSR count). The van der Waals surface area contributed by atoms with Crippen LogP contribution in [0.5, 0.6) is 0 Å². The molecule has 0 fully saturated rings. The van der Waals surface area contributed by atoms with Crippen molar-refractivity contribution in [2.24, 2.45) is 4.99 Å². The number of carbonyl (C=O) groups is 1. The maximum Gasteiger partial charge on any atom is 0.269 e. The minimum absolute atomic E-state index is 0.0632. The predicted octanol–water partition coefficient (Wildman–Crippen LogP) is 1.86. The van der Waals surface area contributed by atoms with E-state index >= 15 is 0 Å². The van der Waals surface area contributed by atoms with Crippen LogP contribution in [0.15, 0.2) is 53.5 Å². The first kappa shape index (κ1) is 19.9. The molecule has 8 nitrogen and oxygen atoms in total. The van der Waals surface area contributed by atoms with Crippen molar-refractivity contribution in [1.29, 1.82) is 0 Å². The van der Waals surface area contributed by atoms with Crippen molar-refractivity contribution < 1.29 is 9.72 Å². The van der Waals surface area contributed by atoms with Crippen molar-refractivity contribution in [3.8, 4) is 0 Å². The number of nitrogens with one attached hydrogen (secondary N) is 3. The van der Waals surface area contributed by atoms with Crippen molar-refractivity contribution in [2.45, 2.75) is 13.0 Å². The Labute approximate surface area is 157 Å². The second-order valence-electron chi connectivity index (χ2n) is 5.81. The van der Waals surface area contributed by atoms with Gasteiger partial charge in [0, 0.05) is 44.9 Å². The van der Waals surface area contributed by atoms with Gasteiger partial charge in [0.05, 0.1) is 4.92 Å². The van der Waals surface area contributed by atoms with Gasteiger partial charge in [-0.1, -0.05) is 24.3 Å². The Balaban J connectivity index is 1.85. The quantitative estimate of drug-likeness (QED) is 0.299. The third-order valence-electron chi connectivity index (χ3n) is 3.93. The molecule has 0 bridgehead atoms. The molecule has 0 aliphatic rings. The average Bonchev–Trinajstić information content (AvgIpc) is 2.70. The SMILES string of the molecule is CN=C(NCCc1cccc(C(=O)NC)c1)NCc1cccc([N+](=O)[O-])c1. The number of nitro benzene ring substituents is 1. The molecular formula is C19H23N5O3. The molecule has 0 aromatic heterocycles. The van der Waals surface area contributed by atoms with E-state index in [0.717, 1.165) is 17.5 Å². The van der Waals surface area contributed by atoms with E-state index in [4.69, 9.17) is 0 Å². The fourth-order valence-electron chi connectivity index (χ4n) is 2.52. The van der Waals surface area contributed by atoms with Crippen LogP contribution in [0.3, 0.4) is 0 Å². The van der Waals surface area contributed by atoms with E-state index in [9.17, 15) is 14.9 Å². The van der Waals surface area contributed by atoms with Crippen LogP contribution in [0.4, 0.5) is 5.69 Å². The number of nitrogens with zero attached hydrogens (tertiary/aromatic N) is 2. The molecule has 0 spiro atoms. The van der Waals surface area contributed by atoms with Crippen LogP contribution in [-0.4, -0.2) is 37.4 Å². The van der Waals surface area contributed by atoms with Gasteiger partial charge in [-0.2, -0.15) is 0 Å². The van der Waals surface area contributed by atoms with E-state index in [1.807, 2.05) is 24.3 Å². The summed E-state index contributed by atoms with van der Waals surface area (Å²) in [5.41, 5.74) is 2.53. The molecule has 0 radical (unpaired) electrons. The van der Waals surface area contributed by atoms with E-state index in [1.54, 1.807) is 26.2 Å². The largest absolute Gasteiger partial charge is 0.356 e. The Morgan fingerprint density at radius 1 is 1.11 bits per heavy atom. The molecule has 3 N–H and O–H groups in total. The van der Waals surface area contributed by atoms with E-state index < -0.39 is 4.92 Å². The topological polar surface area (TPSA) is 109 Å². The highest BCUT2D eigenvalue weighted by Gasteiger charge is 2.07. The number of amides is 1. The molecule has 0 atom stereocenters. The van der Waals surface area contributed by atoms with Gasteiger partial charge >= 0.3 is 0 Å². The fourth-order valence-corrected chi connectivity index (χ4v) is 2.52. The molecule has 0 unspecified atom stereocenters. The number of guanidine groups is 1. The molecule has 0 aliphatic carbocycles. The Hall–Kier alpha value is -3.42. The Kier molecular flexibility index (Phi) is 7.30. The van der Waals surface area contributed by atoms with Crippen molar-refractivity contribution in [1.82, 2.24) is 16.0 Å². The molecule has 2 aromatic rings. The Bertz CT molecular complexity index is 836. The number of hydrogen-bond donors (Lipinski definition) is 3. The van der Waals surface area contributed by atoms with Crippen LogP contribution in [0, 0.1) is 10.1 Å². The van der Waals surface area contributed by atoms with Gasteiger partial charge in [0.15, 0.2) is 5.96 Å². The monoisotopic (exact) mass is 369 g/mol. The normalized spacial score (nSPS) is 11.0. The van der Waals surface area contributed by atoms with Crippen LogP contribution in [-0.2, 0) is 13.0 Å². The average molecular weight is 369 g/mol. The van der Waals surface area contributed by atoms with Gasteiger partial charge in [0.25, 0.3) is 11.6 Å². The standard InChI is InChI=1S/C19H23N5O3/c1-20-18(25)16-7-3-5-14(11-16)9-10-22-19(21-2)23-13-15-6-4-8-17(12-15)24(26)27/h3-8,11-12H,9-10,13H2,1-2H3,(H,20,25)(H2,21,22,23). The summed E-state index contributed by atoms with van der Waals surface area (Å²) in [5, 5.41) is 19.8. The highest BCUT2D eigenvalue weighted by Crippen LogP contribution is 2.12. The molecule has 1 amide bonds. The third-order valence-corrected chi connectivity index (χ3v) is 3.93. The molecule has 0 heterocycles. The van der Waals surface area contributed by atoms with Gasteiger partial charge in [-0.25, -0.2) is 0 Å². The van der Waals surface area contributed by atoms with Crippen molar-refractivity contribution in [3.63, 3.8) is 0 Å². The molecule has 0 saturated heterocycles. The number of carbonyl (C=O) groups excluding carboxylic acids is 1. The fraction of sp³-hybridized carbons (Fsp3) is 0.263. The molecule has 8 heteroatoms. The Morgan fingerprint density at radius 3 is 2.56 bits per heavy atom. The molecule has 0 saturated carbocycles. The van der Waals surface area contributed by atoms with Crippen LogP contribution < -0.4 is 16.0 Å². The zero-order valence-electron chi connectivity index (χ0n) is 15.4. The summed E-state index contributed by atoms with van der Waals surface area (Å²) in [6.45, 7) is 1.05. The summed E-state index contributed by atoms with van der Waals surface area (Å²) in [5.74, 6) is 0.489. The maximum absolute atomic E-state index is 11.7. The number of hydrogen-bond acceptors (Lipinski definition) is 4. The van der Waals surface area contributed by atoms with Crippen LogP contribution in [0.25, 0.3) is 0 Å². The van der Waals surface area contributed by atoms with E-state index in [-0.39, 0.29) is 11.6 Å². The van der Waals surface area contributed by atoms with E-state index in [1.165, 1.54) is 12.1 Å².